The van der Waals surface area contributed by atoms with Gasteiger partial charge in [-0.25, -0.2) is 13.1 Å². The van der Waals surface area contributed by atoms with Crippen molar-refractivity contribution < 1.29 is 13.2 Å². The summed E-state index contributed by atoms with van der Waals surface area (Å²) in [4.78, 5) is 1.91. The summed E-state index contributed by atoms with van der Waals surface area (Å²) in [5.41, 5.74) is 6.45. The van der Waals surface area contributed by atoms with Crippen LogP contribution in [0, 0.1) is 6.92 Å². The third-order valence-corrected chi connectivity index (χ3v) is 6.21. The third-order valence-electron chi connectivity index (χ3n) is 3.41. The van der Waals surface area contributed by atoms with Crippen LogP contribution in [0.25, 0.3) is 0 Å². The van der Waals surface area contributed by atoms with Crippen molar-refractivity contribution in [1.29, 1.82) is 0 Å². The van der Waals surface area contributed by atoms with Crippen LogP contribution in [0.3, 0.4) is 0 Å². The van der Waals surface area contributed by atoms with Gasteiger partial charge in [0.2, 0.25) is 10.0 Å². The molecule has 2 heterocycles. The molecule has 2 aromatic rings. The summed E-state index contributed by atoms with van der Waals surface area (Å²) >= 11 is 1.41. The van der Waals surface area contributed by atoms with Crippen LogP contribution in [0.1, 0.15) is 21.4 Å². The maximum absolute atomic E-state index is 12.5. The van der Waals surface area contributed by atoms with Crippen LogP contribution < -0.4 is 15.2 Å². The predicted molar refractivity (Wildman–Crippen MR) is 81.9 cm³/mol. The lowest BCUT2D eigenvalue weighted by Crippen LogP contribution is -2.29. The fraction of sp³-hybridized carbons (Fsp3) is 0.286. The van der Waals surface area contributed by atoms with E-state index in [1.807, 2.05) is 24.3 Å². The van der Waals surface area contributed by atoms with E-state index in [9.17, 15) is 8.42 Å². The summed E-state index contributed by atoms with van der Waals surface area (Å²) < 4.78 is 33.3. The molecule has 3 rings (SSSR count). The van der Waals surface area contributed by atoms with Gasteiger partial charge in [0, 0.05) is 21.9 Å². The van der Waals surface area contributed by atoms with E-state index in [2.05, 4.69) is 4.72 Å². The quantitative estimate of drug-likeness (QED) is 0.900. The highest BCUT2D eigenvalue weighted by Crippen LogP contribution is 2.33. The van der Waals surface area contributed by atoms with Crippen molar-refractivity contribution in [3.63, 3.8) is 0 Å². The lowest BCUT2D eigenvalue weighted by atomic mass is 10.1. The molecule has 0 spiro atoms. The lowest BCUT2D eigenvalue weighted by Gasteiger charge is -2.12. The molecule has 0 aliphatic carbocycles. The van der Waals surface area contributed by atoms with Crippen molar-refractivity contribution in [3.05, 3.63) is 45.6 Å². The molecule has 112 valence electrons. The van der Waals surface area contributed by atoms with Crippen LogP contribution in [0.2, 0.25) is 0 Å². The second kappa shape index (κ2) is 5.42. The molecule has 7 heteroatoms. The zero-order chi connectivity index (χ0) is 15.0. The minimum atomic E-state index is -3.58. The maximum atomic E-state index is 12.5. The van der Waals surface area contributed by atoms with Gasteiger partial charge in [-0.1, -0.05) is 18.2 Å². The Morgan fingerprint density at radius 2 is 2.19 bits per heavy atom. The van der Waals surface area contributed by atoms with E-state index < -0.39 is 10.0 Å². The molecule has 0 saturated heterocycles. The Morgan fingerprint density at radius 1 is 1.43 bits per heavy atom. The number of fused-ring (bicyclic) bond motifs is 1. The van der Waals surface area contributed by atoms with E-state index in [4.69, 9.17) is 10.5 Å². The summed E-state index contributed by atoms with van der Waals surface area (Å²) in [5.74, 6) is 0.731. The first kappa shape index (κ1) is 14.5. The van der Waals surface area contributed by atoms with Crippen LogP contribution in [-0.4, -0.2) is 15.0 Å². The molecule has 0 fully saturated rings. The van der Waals surface area contributed by atoms with Gasteiger partial charge in [0.05, 0.1) is 10.9 Å². The van der Waals surface area contributed by atoms with Gasteiger partial charge in [-0.05, 0) is 19.1 Å². The normalized spacial score (nSPS) is 17.5. The van der Waals surface area contributed by atoms with Gasteiger partial charge in [-0.3, -0.25) is 0 Å². The van der Waals surface area contributed by atoms with E-state index >= 15 is 0 Å². The molecule has 1 aromatic carbocycles. The highest BCUT2D eigenvalue weighted by Gasteiger charge is 2.30. The van der Waals surface area contributed by atoms with Gasteiger partial charge in [0.1, 0.15) is 12.4 Å². The lowest BCUT2D eigenvalue weighted by molar-refractivity contribution is 0.325. The number of hydrogen-bond acceptors (Lipinski definition) is 5. The van der Waals surface area contributed by atoms with Gasteiger partial charge in [0.25, 0.3) is 0 Å². The van der Waals surface area contributed by atoms with E-state index in [0.29, 0.717) is 18.0 Å². The molecule has 0 bridgehead atoms. The summed E-state index contributed by atoms with van der Waals surface area (Å²) in [5, 5.41) is 0. The van der Waals surface area contributed by atoms with Crippen LogP contribution >= 0.6 is 11.3 Å². The first-order valence-electron chi connectivity index (χ1n) is 6.54. The highest BCUT2D eigenvalue weighted by molar-refractivity contribution is 7.89. The molecule has 1 atom stereocenters. The summed E-state index contributed by atoms with van der Waals surface area (Å²) in [7, 11) is -3.58. The van der Waals surface area contributed by atoms with Crippen LogP contribution in [0.5, 0.6) is 5.75 Å². The summed E-state index contributed by atoms with van der Waals surface area (Å²) in [6, 6.07) is 8.74. The van der Waals surface area contributed by atoms with E-state index in [-0.39, 0.29) is 6.04 Å². The first-order chi connectivity index (χ1) is 10.0. The van der Waals surface area contributed by atoms with Crippen molar-refractivity contribution >= 4 is 21.4 Å². The Labute approximate surface area is 127 Å². The van der Waals surface area contributed by atoms with Gasteiger partial charge >= 0.3 is 0 Å². The molecule has 1 aliphatic heterocycles. The van der Waals surface area contributed by atoms with Crippen molar-refractivity contribution in [2.45, 2.75) is 24.4 Å². The highest BCUT2D eigenvalue weighted by atomic mass is 32.2. The number of thiophene rings is 1. The Kier molecular flexibility index (Phi) is 3.75. The average molecular weight is 324 g/mol. The number of nitrogens with one attached hydrogen (secondary N) is 1. The zero-order valence-electron chi connectivity index (χ0n) is 11.5. The molecule has 1 aliphatic rings. The predicted octanol–water partition coefficient (Wildman–Crippen LogP) is 1.93. The first-order valence-corrected chi connectivity index (χ1v) is 8.84. The number of rotatable bonds is 4. The third kappa shape index (κ3) is 2.69. The standard InChI is InChI=1S/C14H16N2O3S2/c1-9-14(6-10(7-15)20-9)21(17,18)16-12-8-19-13-5-3-2-4-11(12)13/h2-6,12,16H,7-8,15H2,1H3. The van der Waals surface area contributed by atoms with Crippen molar-refractivity contribution in [3.8, 4) is 5.75 Å². The molecular formula is C14H16N2O3S2. The Hall–Kier alpha value is -1.41. The van der Waals surface area contributed by atoms with Crippen LogP contribution in [0.15, 0.2) is 35.2 Å². The Morgan fingerprint density at radius 3 is 2.90 bits per heavy atom. The number of nitrogens with two attached hydrogens (primary N) is 1. The van der Waals surface area contributed by atoms with Gasteiger partial charge in [-0.15, -0.1) is 11.3 Å². The van der Waals surface area contributed by atoms with Crippen LogP contribution in [-0.2, 0) is 16.6 Å². The number of ether oxygens (including phenoxy) is 1. The van der Waals surface area contributed by atoms with E-state index in [1.54, 1.807) is 13.0 Å². The molecule has 21 heavy (non-hydrogen) atoms. The molecule has 3 N–H and O–H groups in total. The molecule has 1 unspecified atom stereocenters. The number of hydrogen-bond donors (Lipinski definition) is 2. The van der Waals surface area contributed by atoms with Crippen LogP contribution in [0.4, 0.5) is 0 Å². The molecule has 0 amide bonds. The van der Waals surface area contributed by atoms with Crippen molar-refractivity contribution in [2.24, 2.45) is 5.73 Å². The smallest absolute Gasteiger partial charge is 0.242 e. The number of sulfonamides is 1. The molecule has 5 nitrogen and oxygen atoms in total. The Bertz CT molecular complexity index is 768. The zero-order valence-corrected chi connectivity index (χ0v) is 13.1. The molecule has 0 radical (unpaired) electrons. The van der Waals surface area contributed by atoms with Crippen molar-refractivity contribution in [2.75, 3.05) is 6.61 Å². The maximum Gasteiger partial charge on any atom is 0.242 e. The monoisotopic (exact) mass is 324 g/mol. The summed E-state index contributed by atoms with van der Waals surface area (Å²) in [6.07, 6.45) is 0. The second-order valence-electron chi connectivity index (χ2n) is 4.86. The van der Waals surface area contributed by atoms with E-state index in [1.165, 1.54) is 11.3 Å². The molecule has 1 aromatic heterocycles. The second-order valence-corrected chi connectivity index (χ2v) is 7.88. The summed E-state index contributed by atoms with van der Waals surface area (Å²) in [6.45, 7) is 2.44. The largest absolute Gasteiger partial charge is 0.491 e. The minimum absolute atomic E-state index is 0.303. The SMILES string of the molecule is Cc1sc(CN)cc1S(=O)(=O)NC1COc2ccccc21. The van der Waals surface area contributed by atoms with Gasteiger partial charge in [-0.2, -0.15) is 0 Å². The fourth-order valence-corrected chi connectivity index (χ4v) is 5.12. The Balaban J connectivity index is 1.89. The number of benzene rings is 1. The van der Waals surface area contributed by atoms with Gasteiger partial charge < -0.3 is 10.5 Å². The minimum Gasteiger partial charge on any atom is -0.491 e. The van der Waals surface area contributed by atoms with E-state index in [0.717, 1.165) is 21.1 Å². The topological polar surface area (TPSA) is 81.4 Å². The van der Waals surface area contributed by atoms with Gasteiger partial charge in [0.15, 0.2) is 0 Å². The molecule has 0 saturated carbocycles. The fourth-order valence-electron chi connectivity index (χ4n) is 2.40. The number of aryl methyl sites for hydroxylation is 1. The number of para-hydroxylation sites is 1. The molecular weight excluding hydrogens is 308 g/mol. The van der Waals surface area contributed by atoms with Crippen molar-refractivity contribution in [1.82, 2.24) is 4.72 Å². The average Bonchev–Trinajstić information content (AvgIpc) is 3.03.